The molecule has 0 aliphatic carbocycles. The maximum Gasteiger partial charge on any atom is 0.301 e. The SMILES string of the molecule is Cc1cccc(C(F)(F)[C@@H]2CCCO2)c1F. The molecular formula is C12H13F3O. The van der Waals surface area contributed by atoms with Crippen molar-refractivity contribution in [2.45, 2.75) is 31.8 Å². The van der Waals surface area contributed by atoms with Crippen LogP contribution in [0.3, 0.4) is 0 Å². The van der Waals surface area contributed by atoms with E-state index in [1.165, 1.54) is 19.1 Å². The third-order valence-electron chi connectivity index (χ3n) is 2.88. The van der Waals surface area contributed by atoms with Gasteiger partial charge in [-0.15, -0.1) is 0 Å². The van der Waals surface area contributed by atoms with Gasteiger partial charge in [0.25, 0.3) is 0 Å². The number of aryl methyl sites for hydroxylation is 1. The van der Waals surface area contributed by atoms with Crippen molar-refractivity contribution in [3.05, 3.63) is 35.1 Å². The van der Waals surface area contributed by atoms with Crippen LogP contribution in [0.2, 0.25) is 0 Å². The van der Waals surface area contributed by atoms with E-state index in [-0.39, 0.29) is 12.0 Å². The number of hydrogen-bond acceptors (Lipinski definition) is 1. The average molecular weight is 230 g/mol. The molecular weight excluding hydrogens is 217 g/mol. The minimum absolute atomic E-state index is 0.232. The molecule has 0 spiro atoms. The molecule has 1 saturated heterocycles. The minimum atomic E-state index is -3.24. The van der Waals surface area contributed by atoms with Crippen molar-refractivity contribution < 1.29 is 17.9 Å². The molecule has 4 heteroatoms. The van der Waals surface area contributed by atoms with Gasteiger partial charge in [0.2, 0.25) is 0 Å². The van der Waals surface area contributed by atoms with Gasteiger partial charge in [-0.3, -0.25) is 0 Å². The van der Waals surface area contributed by atoms with Gasteiger partial charge in [0.15, 0.2) is 0 Å². The molecule has 0 bridgehead atoms. The molecule has 1 aliphatic rings. The Morgan fingerprint density at radius 1 is 1.38 bits per heavy atom. The zero-order chi connectivity index (χ0) is 11.8. The van der Waals surface area contributed by atoms with Crippen molar-refractivity contribution in [3.8, 4) is 0 Å². The fraction of sp³-hybridized carbons (Fsp3) is 0.500. The van der Waals surface area contributed by atoms with E-state index < -0.39 is 23.4 Å². The highest BCUT2D eigenvalue weighted by Gasteiger charge is 2.45. The number of halogens is 3. The van der Waals surface area contributed by atoms with Crippen LogP contribution in [0.1, 0.15) is 24.0 Å². The normalized spacial score (nSPS) is 21.4. The molecule has 1 atom stereocenters. The summed E-state index contributed by atoms with van der Waals surface area (Å²) < 4.78 is 46.4. The summed E-state index contributed by atoms with van der Waals surface area (Å²) in [5.41, 5.74) is -0.324. The van der Waals surface area contributed by atoms with Crippen LogP contribution in [0.15, 0.2) is 18.2 Å². The van der Waals surface area contributed by atoms with E-state index in [1.807, 2.05) is 0 Å². The lowest BCUT2D eigenvalue weighted by molar-refractivity contribution is -0.124. The Labute approximate surface area is 92.2 Å². The zero-order valence-electron chi connectivity index (χ0n) is 8.97. The Kier molecular flexibility index (Phi) is 2.93. The molecule has 0 saturated carbocycles. The minimum Gasteiger partial charge on any atom is -0.372 e. The van der Waals surface area contributed by atoms with Gasteiger partial charge in [-0.05, 0) is 31.4 Å². The van der Waals surface area contributed by atoms with Crippen LogP contribution in [-0.4, -0.2) is 12.7 Å². The van der Waals surface area contributed by atoms with Gasteiger partial charge in [-0.25, -0.2) is 4.39 Å². The lowest BCUT2D eigenvalue weighted by atomic mass is 9.99. The van der Waals surface area contributed by atoms with E-state index in [2.05, 4.69) is 0 Å². The van der Waals surface area contributed by atoms with Gasteiger partial charge in [0.05, 0.1) is 5.56 Å². The molecule has 0 radical (unpaired) electrons. The van der Waals surface area contributed by atoms with Crippen molar-refractivity contribution in [3.63, 3.8) is 0 Å². The molecule has 1 aliphatic heterocycles. The maximum absolute atomic E-state index is 13.9. The summed E-state index contributed by atoms with van der Waals surface area (Å²) in [7, 11) is 0. The first kappa shape index (κ1) is 11.5. The van der Waals surface area contributed by atoms with Gasteiger partial charge in [-0.1, -0.05) is 12.1 Å². The predicted octanol–water partition coefficient (Wildman–Crippen LogP) is 3.40. The Hall–Kier alpha value is -1.03. The van der Waals surface area contributed by atoms with Crippen molar-refractivity contribution in [1.82, 2.24) is 0 Å². The first-order chi connectivity index (χ1) is 7.53. The van der Waals surface area contributed by atoms with E-state index in [1.54, 1.807) is 0 Å². The molecule has 16 heavy (non-hydrogen) atoms. The highest BCUT2D eigenvalue weighted by molar-refractivity contribution is 5.29. The van der Waals surface area contributed by atoms with Gasteiger partial charge >= 0.3 is 5.92 Å². The van der Waals surface area contributed by atoms with Gasteiger partial charge in [-0.2, -0.15) is 8.78 Å². The van der Waals surface area contributed by atoms with Crippen LogP contribution < -0.4 is 0 Å². The smallest absolute Gasteiger partial charge is 0.301 e. The standard InChI is InChI=1S/C12H13F3O/c1-8-4-2-5-9(11(8)13)12(14,15)10-6-3-7-16-10/h2,4-5,10H,3,6-7H2,1H3/t10-/m0/s1. The molecule has 1 aromatic rings. The van der Waals surface area contributed by atoms with Crippen molar-refractivity contribution in [2.75, 3.05) is 6.61 Å². The third kappa shape index (κ3) is 1.82. The number of hydrogen-bond donors (Lipinski definition) is 0. The molecule has 1 heterocycles. The van der Waals surface area contributed by atoms with Crippen LogP contribution in [0.25, 0.3) is 0 Å². The molecule has 2 rings (SSSR count). The van der Waals surface area contributed by atoms with Crippen molar-refractivity contribution in [1.29, 1.82) is 0 Å². The zero-order valence-corrected chi connectivity index (χ0v) is 8.97. The first-order valence-corrected chi connectivity index (χ1v) is 5.28. The van der Waals surface area contributed by atoms with Crippen LogP contribution in [0, 0.1) is 12.7 Å². The van der Waals surface area contributed by atoms with E-state index in [4.69, 9.17) is 4.74 Å². The average Bonchev–Trinajstić information content (AvgIpc) is 2.75. The second-order valence-corrected chi connectivity index (χ2v) is 4.06. The number of ether oxygens (including phenoxy) is 1. The molecule has 0 amide bonds. The van der Waals surface area contributed by atoms with E-state index in [9.17, 15) is 13.2 Å². The first-order valence-electron chi connectivity index (χ1n) is 5.28. The fourth-order valence-electron chi connectivity index (χ4n) is 1.94. The Balaban J connectivity index is 2.38. The molecule has 88 valence electrons. The van der Waals surface area contributed by atoms with Crippen LogP contribution in [-0.2, 0) is 10.7 Å². The van der Waals surface area contributed by atoms with E-state index in [0.29, 0.717) is 13.0 Å². The number of rotatable bonds is 2. The highest BCUT2D eigenvalue weighted by atomic mass is 19.3. The Morgan fingerprint density at radius 2 is 2.12 bits per heavy atom. The van der Waals surface area contributed by atoms with Crippen LogP contribution >= 0.6 is 0 Å². The van der Waals surface area contributed by atoms with Crippen LogP contribution in [0.5, 0.6) is 0 Å². The van der Waals surface area contributed by atoms with Crippen molar-refractivity contribution in [2.24, 2.45) is 0 Å². The van der Waals surface area contributed by atoms with Crippen LogP contribution in [0.4, 0.5) is 13.2 Å². The molecule has 1 fully saturated rings. The summed E-state index contributed by atoms with van der Waals surface area (Å²) in [5.74, 6) is -4.07. The Morgan fingerprint density at radius 3 is 2.75 bits per heavy atom. The Bertz CT molecular complexity index is 384. The predicted molar refractivity (Wildman–Crippen MR) is 54.0 cm³/mol. The summed E-state index contributed by atoms with van der Waals surface area (Å²) in [6, 6.07) is 4.05. The monoisotopic (exact) mass is 230 g/mol. The van der Waals surface area contributed by atoms with E-state index >= 15 is 0 Å². The largest absolute Gasteiger partial charge is 0.372 e. The quantitative estimate of drug-likeness (QED) is 0.756. The fourth-order valence-corrected chi connectivity index (χ4v) is 1.94. The topological polar surface area (TPSA) is 9.23 Å². The number of benzene rings is 1. The molecule has 0 aromatic heterocycles. The second kappa shape index (κ2) is 4.09. The summed E-state index contributed by atoms with van der Waals surface area (Å²) in [4.78, 5) is 0. The number of alkyl halides is 2. The highest BCUT2D eigenvalue weighted by Crippen LogP contribution is 2.39. The third-order valence-corrected chi connectivity index (χ3v) is 2.88. The summed E-state index contributed by atoms with van der Waals surface area (Å²) in [6.07, 6.45) is -0.308. The molecule has 1 nitrogen and oxygen atoms in total. The van der Waals surface area contributed by atoms with Gasteiger partial charge in [0.1, 0.15) is 11.9 Å². The summed E-state index contributed by atoms with van der Waals surface area (Å²) in [6.45, 7) is 1.80. The summed E-state index contributed by atoms with van der Waals surface area (Å²) in [5, 5.41) is 0. The molecule has 0 unspecified atom stereocenters. The lowest BCUT2D eigenvalue weighted by Crippen LogP contribution is -2.31. The molecule has 0 N–H and O–H groups in total. The van der Waals surface area contributed by atoms with Gasteiger partial charge in [0, 0.05) is 6.61 Å². The molecule has 1 aromatic carbocycles. The van der Waals surface area contributed by atoms with Crippen molar-refractivity contribution >= 4 is 0 Å². The lowest BCUT2D eigenvalue weighted by Gasteiger charge is -2.23. The summed E-state index contributed by atoms with van der Waals surface area (Å²) >= 11 is 0. The van der Waals surface area contributed by atoms with Gasteiger partial charge < -0.3 is 4.74 Å². The van der Waals surface area contributed by atoms with E-state index in [0.717, 1.165) is 6.07 Å². The maximum atomic E-state index is 13.9. The second-order valence-electron chi connectivity index (χ2n) is 4.06.